The molecule has 1 amide bonds. The molecule has 2 fully saturated rings. The van der Waals surface area contributed by atoms with Crippen LogP contribution in [0.3, 0.4) is 0 Å². The van der Waals surface area contributed by atoms with Crippen LogP contribution in [0, 0.1) is 5.92 Å². The van der Waals surface area contributed by atoms with Crippen LogP contribution in [0.5, 0.6) is 0 Å². The first kappa shape index (κ1) is 20.0. The lowest BCUT2D eigenvalue weighted by atomic mass is 9.98. The zero-order valence-corrected chi connectivity index (χ0v) is 16.4. The summed E-state index contributed by atoms with van der Waals surface area (Å²) in [7, 11) is 0. The minimum absolute atomic E-state index is 0.310. The van der Waals surface area contributed by atoms with Gasteiger partial charge in [-0.05, 0) is 58.5 Å². The Morgan fingerprint density at radius 3 is 2.68 bits per heavy atom. The Balaban J connectivity index is 1.69. The number of amides is 1. The number of carbonyl (C=O) groups is 1. The third-order valence-electron chi connectivity index (χ3n) is 5.37. The molecule has 0 aromatic carbocycles. The van der Waals surface area contributed by atoms with E-state index in [4.69, 9.17) is 4.99 Å². The average molecular weight is 352 g/mol. The van der Waals surface area contributed by atoms with Gasteiger partial charge in [0, 0.05) is 38.6 Å². The predicted molar refractivity (Wildman–Crippen MR) is 104 cm³/mol. The van der Waals surface area contributed by atoms with Gasteiger partial charge in [0.2, 0.25) is 5.91 Å². The molecule has 2 N–H and O–H groups in total. The lowest BCUT2D eigenvalue weighted by molar-refractivity contribution is -0.127. The van der Waals surface area contributed by atoms with Crippen LogP contribution in [0.2, 0.25) is 0 Å². The van der Waals surface area contributed by atoms with Crippen LogP contribution in [0.4, 0.5) is 0 Å². The normalized spacial score (nSPS) is 21.6. The second kappa shape index (κ2) is 10.6. The van der Waals surface area contributed by atoms with Gasteiger partial charge in [-0.25, -0.2) is 0 Å². The maximum absolute atomic E-state index is 11.6. The minimum Gasteiger partial charge on any atom is -0.357 e. The van der Waals surface area contributed by atoms with Crippen molar-refractivity contribution in [2.24, 2.45) is 10.9 Å². The molecule has 1 atom stereocenters. The van der Waals surface area contributed by atoms with Crippen LogP contribution in [0.15, 0.2) is 4.99 Å². The Bertz CT molecular complexity index is 432. The van der Waals surface area contributed by atoms with E-state index < -0.39 is 0 Å². The molecule has 2 aliphatic rings. The number of nitrogens with zero attached hydrogens (tertiary/aromatic N) is 3. The van der Waals surface area contributed by atoms with Crippen molar-refractivity contribution in [2.75, 3.05) is 45.8 Å². The fourth-order valence-electron chi connectivity index (χ4n) is 3.57. The average Bonchev–Trinajstić information content (AvgIpc) is 3.01. The molecule has 2 aliphatic heterocycles. The smallest absolute Gasteiger partial charge is 0.222 e. The highest BCUT2D eigenvalue weighted by atomic mass is 16.2. The van der Waals surface area contributed by atoms with Gasteiger partial charge < -0.3 is 15.5 Å². The second-order valence-electron chi connectivity index (χ2n) is 7.55. The molecular formula is C19H37N5O. The molecule has 0 aromatic heterocycles. The summed E-state index contributed by atoms with van der Waals surface area (Å²) < 4.78 is 0. The van der Waals surface area contributed by atoms with Gasteiger partial charge in [0.25, 0.3) is 0 Å². The summed E-state index contributed by atoms with van der Waals surface area (Å²) >= 11 is 0. The Morgan fingerprint density at radius 2 is 2.04 bits per heavy atom. The van der Waals surface area contributed by atoms with Crippen LogP contribution >= 0.6 is 0 Å². The van der Waals surface area contributed by atoms with Crippen molar-refractivity contribution in [3.63, 3.8) is 0 Å². The van der Waals surface area contributed by atoms with E-state index >= 15 is 0 Å². The number of piperidine rings is 1. The maximum atomic E-state index is 11.6. The van der Waals surface area contributed by atoms with Crippen molar-refractivity contribution in [3.05, 3.63) is 0 Å². The monoisotopic (exact) mass is 351 g/mol. The number of carbonyl (C=O) groups excluding carboxylic acids is 1. The standard InChI is InChI=1S/C19H37N5O/c1-4-20-19(21-10-6-12-24-11-5-7-18(24)25)22-15-17(3)23-13-8-16(2)9-14-23/h16-17H,4-15H2,1-3H3,(H2,20,21,22). The fourth-order valence-corrected chi connectivity index (χ4v) is 3.57. The van der Waals surface area contributed by atoms with E-state index in [0.717, 1.165) is 63.9 Å². The predicted octanol–water partition coefficient (Wildman–Crippen LogP) is 1.67. The van der Waals surface area contributed by atoms with E-state index in [1.165, 1.54) is 25.9 Å². The fraction of sp³-hybridized carbons (Fsp3) is 0.895. The van der Waals surface area contributed by atoms with Crippen molar-refractivity contribution >= 4 is 11.9 Å². The summed E-state index contributed by atoms with van der Waals surface area (Å²) in [5.74, 6) is 2.08. The molecule has 1 unspecified atom stereocenters. The molecule has 0 spiro atoms. The molecule has 144 valence electrons. The minimum atomic E-state index is 0.310. The Labute approximate surface area is 153 Å². The Hall–Kier alpha value is -1.30. The van der Waals surface area contributed by atoms with Crippen molar-refractivity contribution in [1.29, 1.82) is 0 Å². The molecule has 25 heavy (non-hydrogen) atoms. The molecule has 2 heterocycles. The van der Waals surface area contributed by atoms with Gasteiger partial charge in [0.1, 0.15) is 0 Å². The van der Waals surface area contributed by atoms with Crippen LogP contribution in [-0.2, 0) is 4.79 Å². The van der Waals surface area contributed by atoms with Crippen LogP contribution in [0.25, 0.3) is 0 Å². The zero-order chi connectivity index (χ0) is 18.1. The van der Waals surface area contributed by atoms with E-state index in [1.807, 2.05) is 4.90 Å². The molecule has 6 heteroatoms. The number of rotatable bonds is 8. The molecule has 2 rings (SSSR count). The largest absolute Gasteiger partial charge is 0.357 e. The van der Waals surface area contributed by atoms with Gasteiger partial charge in [0.05, 0.1) is 6.54 Å². The highest BCUT2D eigenvalue weighted by Gasteiger charge is 2.20. The quantitative estimate of drug-likeness (QED) is 0.397. The molecular weight excluding hydrogens is 314 g/mol. The summed E-state index contributed by atoms with van der Waals surface area (Å²) in [6.07, 6.45) is 5.33. The van der Waals surface area contributed by atoms with Crippen LogP contribution in [0.1, 0.15) is 52.9 Å². The second-order valence-corrected chi connectivity index (χ2v) is 7.55. The summed E-state index contributed by atoms with van der Waals surface area (Å²) in [4.78, 5) is 20.9. The molecule has 6 nitrogen and oxygen atoms in total. The number of nitrogens with one attached hydrogen (secondary N) is 2. The van der Waals surface area contributed by atoms with E-state index in [1.54, 1.807) is 0 Å². The molecule has 0 aromatic rings. The van der Waals surface area contributed by atoms with E-state index in [9.17, 15) is 4.79 Å². The first-order chi connectivity index (χ1) is 12.1. The van der Waals surface area contributed by atoms with Gasteiger partial charge in [-0.1, -0.05) is 6.92 Å². The van der Waals surface area contributed by atoms with Crippen molar-refractivity contribution in [2.45, 2.75) is 58.9 Å². The number of hydrogen-bond donors (Lipinski definition) is 2. The number of hydrogen-bond acceptors (Lipinski definition) is 3. The Kier molecular flexibility index (Phi) is 8.52. The lowest BCUT2D eigenvalue weighted by Crippen LogP contribution is -2.43. The SMILES string of the molecule is CCNC(=NCC(C)N1CCC(C)CC1)NCCCN1CCCC1=O. The van der Waals surface area contributed by atoms with E-state index in [2.05, 4.69) is 36.3 Å². The third kappa shape index (κ3) is 6.84. The summed E-state index contributed by atoms with van der Waals surface area (Å²) in [5, 5.41) is 6.73. The maximum Gasteiger partial charge on any atom is 0.222 e. The first-order valence-electron chi connectivity index (χ1n) is 10.1. The molecule has 0 aliphatic carbocycles. The number of guanidine groups is 1. The number of likely N-dealkylation sites (tertiary alicyclic amines) is 2. The van der Waals surface area contributed by atoms with Gasteiger partial charge in [0.15, 0.2) is 5.96 Å². The van der Waals surface area contributed by atoms with Gasteiger partial charge in [-0.3, -0.25) is 14.7 Å². The van der Waals surface area contributed by atoms with Gasteiger partial charge in [-0.15, -0.1) is 0 Å². The summed E-state index contributed by atoms with van der Waals surface area (Å²) in [5.41, 5.74) is 0. The zero-order valence-electron chi connectivity index (χ0n) is 16.4. The van der Waals surface area contributed by atoms with Gasteiger partial charge >= 0.3 is 0 Å². The summed E-state index contributed by atoms with van der Waals surface area (Å²) in [6, 6.07) is 0.491. The lowest BCUT2D eigenvalue weighted by Gasteiger charge is -2.34. The summed E-state index contributed by atoms with van der Waals surface area (Å²) in [6.45, 7) is 13.5. The van der Waals surface area contributed by atoms with Gasteiger partial charge in [-0.2, -0.15) is 0 Å². The molecule has 0 bridgehead atoms. The van der Waals surface area contributed by atoms with E-state index in [-0.39, 0.29) is 0 Å². The highest BCUT2D eigenvalue weighted by molar-refractivity contribution is 5.79. The molecule has 0 saturated carbocycles. The van der Waals surface area contributed by atoms with Crippen LogP contribution < -0.4 is 10.6 Å². The molecule has 2 saturated heterocycles. The van der Waals surface area contributed by atoms with Crippen molar-refractivity contribution < 1.29 is 4.79 Å². The topological polar surface area (TPSA) is 60.0 Å². The number of aliphatic imine (C=N–C) groups is 1. The molecule has 0 radical (unpaired) electrons. The Morgan fingerprint density at radius 1 is 1.28 bits per heavy atom. The van der Waals surface area contributed by atoms with Crippen molar-refractivity contribution in [3.8, 4) is 0 Å². The van der Waals surface area contributed by atoms with E-state index in [0.29, 0.717) is 11.9 Å². The first-order valence-corrected chi connectivity index (χ1v) is 10.1. The van der Waals surface area contributed by atoms with Crippen LogP contribution in [-0.4, -0.2) is 73.5 Å². The third-order valence-corrected chi connectivity index (χ3v) is 5.37. The highest BCUT2D eigenvalue weighted by Crippen LogP contribution is 2.18. The van der Waals surface area contributed by atoms with Crippen molar-refractivity contribution in [1.82, 2.24) is 20.4 Å².